The molecule has 3 aliphatic rings. The fraction of sp³-hybridized carbons (Fsp3) is 0.182. The number of methoxy groups -OCH3 is 2. The summed E-state index contributed by atoms with van der Waals surface area (Å²) in [5.41, 5.74) is 1.64. The van der Waals surface area contributed by atoms with Crippen LogP contribution < -0.4 is 19.7 Å². The van der Waals surface area contributed by atoms with Gasteiger partial charge in [-0.1, -0.05) is 48.0 Å². The number of benzene rings is 3. The van der Waals surface area contributed by atoms with Gasteiger partial charge in [0.15, 0.2) is 11.6 Å². The minimum atomic E-state index is -1.42. The van der Waals surface area contributed by atoms with Crippen molar-refractivity contribution in [2.75, 3.05) is 24.4 Å². The van der Waals surface area contributed by atoms with E-state index in [1.54, 1.807) is 30.3 Å². The molecular formula is C33H25ClN2O5S. The van der Waals surface area contributed by atoms with Gasteiger partial charge in [-0.05, 0) is 65.0 Å². The van der Waals surface area contributed by atoms with Gasteiger partial charge in [-0.15, -0.1) is 11.3 Å². The molecule has 0 saturated carbocycles. The molecule has 4 heterocycles. The molecule has 1 amide bonds. The zero-order valence-corrected chi connectivity index (χ0v) is 24.2. The molecule has 7 nitrogen and oxygen atoms in total. The van der Waals surface area contributed by atoms with Crippen LogP contribution in [0, 0.1) is 5.92 Å². The number of hydrogen-bond donors (Lipinski definition) is 1. The number of carbonyl (C=O) groups excluding carboxylic acids is 3. The zero-order chi connectivity index (χ0) is 29.2. The smallest absolute Gasteiger partial charge is 0.238 e. The Morgan fingerprint density at radius 2 is 1.81 bits per heavy atom. The lowest BCUT2D eigenvalue weighted by molar-refractivity contribution is -0.121. The highest BCUT2D eigenvalue weighted by Crippen LogP contribution is 2.58. The van der Waals surface area contributed by atoms with E-state index in [0.717, 1.165) is 11.3 Å². The summed E-state index contributed by atoms with van der Waals surface area (Å²) >= 11 is 7.68. The Balaban J connectivity index is 1.55. The van der Waals surface area contributed by atoms with Crippen molar-refractivity contribution >= 4 is 57.9 Å². The second-order valence-electron chi connectivity index (χ2n) is 10.5. The molecule has 0 bridgehead atoms. The predicted octanol–water partition coefficient (Wildman–Crippen LogP) is 6.27. The first kappa shape index (κ1) is 26.5. The van der Waals surface area contributed by atoms with E-state index in [1.807, 2.05) is 64.9 Å². The number of para-hydroxylation sites is 1. The van der Waals surface area contributed by atoms with Gasteiger partial charge in [0, 0.05) is 16.4 Å². The van der Waals surface area contributed by atoms with Crippen LogP contribution in [0.5, 0.6) is 11.5 Å². The van der Waals surface area contributed by atoms with E-state index in [2.05, 4.69) is 5.32 Å². The Morgan fingerprint density at radius 1 is 0.976 bits per heavy atom. The molecule has 210 valence electrons. The second kappa shape index (κ2) is 9.86. The van der Waals surface area contributed by atoms with E-state index in [0.29, 0.717) is 32.6 Å². The quantitative estimate of drug-likeness (QED) is 0.264. The maximum atomic E-state index is 15.1. The number of halogens is 1. The number of rotatable bonds is 6. The molecule has 1 N–H and O–H groups in total. The van der Waals surface area contributed by atoms with Gasteiger partial charge in [0.25, 0.3) is 0 Å². The van der Waals surface area contributed by atoms with Crippen LogP contribution in [0.3, 0.4) is 0 Å². The fourth-order valence-corrected chi connectivity index (χ4v) is 7.77. The molecule has 1 fully saturated rings. The zero-order valence-electron chi connectivity index (χ0n) is 22.7. The normalized spacial score (nSPS) is 23.3. The second-order valence-corrected chi connectivity index (χ2v) is 11.9. The molecule has 4 aromatic rings. The van der Waals surface area contributed by atoms with E-state index >= 15 is 4.79 Å². The van der Waals surface area contributed by atoms with Crippen LogP contribution in [0.1, 0.15) is 31.2 Å². The first-order chi connectivity index (χ1) is 20.4. The molecule has 3 aliphatic heterocycles. The van der Waals surface area contributed by atoms with Gasteiger partial charge in [0.1, 0.15) is 23.0 Å². The topological polar surface area (TPSA) is 84.9 Å². The Labute approximate surface area is 251 Å². The lowest BCUT2D eigenvalue weighted by atomic mass is 9.64. The molecule has 1 aromatic heterocycles. The molecule has 3 aromatic carbocycles. The Morgan fingerprint density at radius 3 is 2.57 bits per heavy atom. The summed E-state index contributed by atoms with van der Waals surface area (Å²) in [4.78, 5) is 46.6. The van der Waals surface area contributed by atoms with Crippen molar-refractivity contribution in [2.24, 2.45) is 5.92 Å². The SMILES string of the molecule is COc1ccc(OC)c(C(=O)[C@H]2[C@H](C(=O)c3cccs3)N3c4ccc(Cl)cc4C=C[C@@H]3[C@]23C(=O)Nc2ccccc23)c1. The summed E-state index contributed by atoms with van der Waals surface area (Å²) in [6, 6.07) is 19.7. The highest BCUT2D eigenvalue weighted by atomic mass is 35.5. The molecule has 1 saturated heterocycles. The summed E-state index contributed by atoms with van der Waals surface area (Å²) in [5.74, 6) is -1.28. The molecule has 9 heteroatoms. The minimum Gasteiger partial charge on any atom is -0.497 e. The lowest BCUT2D eigenvalue weighted by Crippen LogP contribution is -2.51. The maximum absolute atomic E-state index is 15.1. The number of nitrogens with one attached hydrogen (secondary N) is 1. The van der Waals surface area contributed by atoms with Gasteiger partial charge in [-0.25, -0.2) is 0 Å². The van der Waals surface area contributed by atoms with Gasteiger partial charge >= 0.3 is 0 Å². The monoisotopic (exact) mass is 596 g/mol. The highest BCUT2D eigenvalue weighted by Gasteiger charge is 2.70. The molecule has 4 atom stereocenters. The molecule has 0 aliphatic carbocycles. The number of nitrogens with zero attached hydrogens (tertiary/aromatic N) is 1. The van der Waals surface area contributed by atoms with E-state index in [1.165, 1.54) is 25.6 Å². The van der Waals surface area contributed by atoms with Gasteiger partial charge in [-0.2, -0.15) is 0 Å². The Kier molecular flexibility index (Phi) is 6.22. The van der Waals surface area contributed by atoms with Crippen molar-refractivity contribution in [3.8, 4) is 11.5 Å². The van der Waals surface area contributed by atoms with Crippen molar-refractivity contribution in [3.63, 3.8) is 0 Å². The summed E-state index contributed by atoms with van der Waals surface area (Å²) in [5, 5.41) is 5.42. The van der Waals surface area contributed by atoms with Crippen LogP contribution in [0.2, 0.25) is 5.02 Å². The largest absolute Gasteiger partial charge is 0.497 e. The maximum Gasteiger partial charge on any atom is 0.238 e. The van der Waals surface area contributed by atoms with Crippen LogP contribution in [0.15, 0.2) is 84.3 Å². The van der Waals surface area contributed by atoms with E-state index < -0.39 is 23.4 Å². The number of anilines is 2. The third kappa shape index (κ3) is 3.61. The van der Waals surface area contributed by atoms with Crippen LogP contribution in [-0.2, 0) is 10.2 Å². The van der Waals surface area contributed by atoms with Crippen molar-refractivity contribution in [2.45, 2.75) is 17.5 Å². The first-order valence-corrected chi connectivity index (χ1v) is 14.7. The molecule has 7 rings (SSSR count). The van der Waals surface area contributed by atoms with Crippen LogP contribution in [-0.4, -0.2) is 43.8 Å². The van der Waals surface area contributed by atoms with Gasteiger partial charge in [0.05, 0.1) is 36.6 Å². The molecular weight excluding hydrogens is 572 g/mol. The van der Waals surface area contributed by atoms with Crippen molar-refractivity contribution in [3.05, 3.63) is 111 Å². The number of ketones is 2. The van der Waals surface area contributed by atoms with E-state index in [9.17, 15) is 9.59 Å². The summed E-state index contributed by atoms with van der Waals surface area (Å²) in [6.45, 7) is 0. The highest BCUT2D eigenvalue weighted by molar-refractivity contribution is 7.12. The number of thiophene rings is 1. The molecule has 0 radical (unpaired) electrons. The van der Waals surface area contributed by atoms with Crippen LogP contribution in [0.4, 0.5) is 11.4 Å². The number of Topliss-reactive ketones (excluding diaryl/α,β-unsaturated/α-hetero) is 2. The minimum absolute atomic E-state index is 0.236. The molecule has 1 spiro atoms. The predicted molar refractivity (Wildman–Crippen MR) is 163 cm³/mol. The van der Waals surface area contributed by atoms with Crippen molar-refractivity contribution in [1.82, 2.24) is 0 Å². The van der Waals surface area contributed by atoms with Gasteiger partial charge < -0.3 is 19.7 Å². The number of fused-ring (bicyclic) bond motifs is 6. The Bertz CT molecular complexity index is 1800. The van der Waals surface area contributed by atoms with Gasteiger partial charge in [0.2, 0.25) is 5.91 Å². The van der Waals surface area contributed by atoms with E-state index in [4.69, 9.17) is 21.1 Å². The third-order valence-electron chi connectivity index (χ3n) is 8.58. The number of ether oxygens (including phenoxy) is 2. The molecule has 0 unspecified atom stereocenters. The number of hydrogen-bond acceptors (Lipinski definition) is 7. The van der Waals surface area contributed by atoms with Gasteiger partial charge in [-0.3, -0.25) is 14.4 Å². The average molecular weight is 597 g/mol. The number of carbonyl (C=O) groups is 3. The average Bonchev–Trinajstić information content (AvgIpc) is 3.73. The van der Waals surface area contributed by atoms with E-state index in [-0.39, 0.29) is 23.0 Å². The Hall–Kier alpha value is -4.40. The number of amides is 1. The van der Waals surface area contributed by atoms with Crippen molar-refractivity contribution in [1.29, 1.82) is 0 Å². The van der Waals surface area contributed by atoms with Crippen LogP contribution in [0.25, 0.3) is 6.08 Å². The van der Waals surface area contributed by atoms with Crippen molar-refractivity contribution < 1.29 is 23.9 Å². The summed E-state index contributed by atoms with van der Waals surface area (Å²) in [7, 11) is 3.00. The lowest BCUT2D eigenvalue weighted by Gasteiger charge is -2.37. The third-order valence-corrected chi connectivity index (χ3v) is 9.70. The van der Waals surface area contributed by atoms with Crippen LogP contribution >= 0.6 is 22.9 Å². The molecule has 42 heavy (non-hydrogen) atoms. The summed E-state index contributed by atoms with van der Waals surface area (Å²) < 4.78 is 11.1. The standard InChI is InChI=1S/C33H25ClN2O5S/c1-40-20-11-13-25(41-2)21(17-20)30(37)28-29(31(38)26-8-5-15-42-26)36-24-12-10-19(34)16-18(24)9-14-27(36)33(28)22-6-3-4-7-23(22)35-32(33)39/h3-17,27-29H,1-2H3,(H,35,39)/t27-,28-,29-,33+/m1/s1. The summed E-state index contributed by atoms with van der Waals surface area (Å²) in [6.07, 6.45) is 3.84. The fourth-order valence-electron chi connectivity index (χ4n) is 6.89. The first-order valence-electron chi connectivity index (χ1n) is 13.4.